The van der Waals surface area contributed by atoms with Crippen molar-refractivity contribution in [3.8, 4) is 0 Å². The van der Waals surface area contributed by atoms with E-state index in [2.05, 4.69) is 51.6 Å². The van der Waals surface area contributed by atoms with Crippen molar-refractivity contribution in [3.05, 3.63) is 81.1 Å². The molecule has 0 saturated heterocycles. The van der Waals surface area contributed by atoms with Crippen LogP contribution in [0.4, 0.5) is 0 Å². The van der Waals surface area contributed by atoms with Crippen LogP contribution in [-0.2, 0) is 24.3 Å². The van der Waals surface area contributed by atoms with E-state index in [9.17, 15) is 9.59 Å². The van der Waals surface area contributed by atoms with E-state index in [0.717, 1.165) is 43.3 Å². The summed E-state index contributed by atoms with van der Waals surface area (Å²) in [4.78, 5) is 29.5. The van der Waals surface area contributed by atoms with Gasteiger partial charge in [-0.15, -0.1) is 0 Å². The number of aromatic amines is 1. The molecule has 1 aliphatic rings. The molecule has 1 aliphatic heterocycles. The number of benzene rings is 2. The van der Waals surface area contributed by atoms with E-state index in [4.69, 9.17) is 0 Å². The Hall–Kier alpha value is -3.25. The SMILES string of the molecule is CCCCc1ccc2[nH]c(=O)c(/C=N\NC(=O)CN3Cc4ccccc4C3)cc2c1. The van der Waals surface area contributed by atoms with Crippen molar-refractivity contribution >= 4 is 23.0 Å². The van der Waals surface area contributed by atoms with Gasteiger partial charge in [0, 0.05) is 18.6 Å². The first-order valence-corrected chi connectivity index (χ1v) is 10.4. The molecule has 0 atom stereocenters. The Kier molecular flexibility index (Phi) is 6.05. The molecule has 0 fully saturated rings. The first-order chi connectivity index (χ1) is 14.6. The van der Waals surface area contributed by atoms with Gasteiger partial charge in [-0.3, -0.25) is 14.5 Å². The number of fused-ring (bicyclic) bond motifs is 2. The van der Waals surface area contributed by atoms with Crippen molar-refractivity contribution in [1.29, 1.82) is 0 Å². The minimum absolute atomic E-state index is 0.196. The van der Waals surface area contributed by atoms with Crippen molar-refractivity contribution in [2.45, 2.75) is 39.3 Å². The van der Waals surface area contributed by atoms with E-state index < -0.39 is 0 Å². The average molecular weight is 402 g/mol. The molecule has 154 valence electrons. The molecule has 2 heterocycles. The summed E-state index contributed by atoms with van der Waals surface area (Å²) in [5, 5.41) is 4.96. The molecule has 6 nitrogen and oxygen atoms in total. The number of aryl methyl sites for hydroxylation is 1. The predicted octanol–water partition coefficient (Wildman–Crippen LogP) is 3.34. The molecule has 0 saturated carbocycles. The van der Waals surface area contributed by atoms with Crippen molar-refractivity contribution in [3.63, 3.8) is 0 Å². The fourth-order valence-corrected chi connectivity index (χ4v) is 3.83. The quantitative estimate of drug-likeness (QED) is 0.470. The molecule has 0 aliphatic carbocycles. The summed E-state index contributed by atoms with van der Waals surface area (Å²) < 4.78 is 0. The number of hydrogen-bond donors (Lipinski definition) is 2. The molecule has 4 rings (SSSR count). The largest absolute Gasteiger partial charge is 0.321 e. The maximum Gasteiger partial charge on any atom is 0.257 e. The van der Waals surface area contributed by atoms with Crippen LogP contribution in [0.5, 0.6) is 0 Å². The van der Waals surface area contributed by atoms with E-state index in [1.165, 1.54) is 22.9 Å². The molecule has 2 N–H and O–H groups in total. The van der Waals surface area contributed by atoms with Gasteiger partial charge < -0.3 is 4.98 Å². The minimum atomic E-state index is -0.225. The van der Waals surface area contributed by atoms with Gasteiger partial charge in [0.15, 0.2) is 0 Å². The summed E-state index contributed by atoms with van der Waals surface area (Å²) in [5.74, 6) is -0.196. The number of carbonyl (C=O) groups is 1. The molecule has 1 aromatic heterocycles. The summed E-state index contributed by atoms with van der Waals surface area (Å²) in [5.41, 5.74) is 7.30. The average Bonchev–Trinajstić information content (AvgIpc) is 3.14. The number of nitrogens with one attached hydrogen (secondary N) is 2. The van der Waals surface area contributed by atoms with Gasteiger partial charge >= 0.3 is 0 Å². The molecule has 0 unspecified atom stereocenters. The maximum atomic E-state index is 12.3. The Morgan fingerprint density at radius 3 is 2.67 bits per heavy atom. The predicted molar refractivity (Wildman–Crippen MR) is 119 cm³/mol. The summed E-state index contributed by atoms with van der Waals surface area (Å²) in [6, 6.07) is 16.1. The third-order valence-corrected chi connectivity index (χ3v) is 5.42. The Morgan fingerprint density at radius 2 is 1.93 bits per heavy atom. The van der Waals surface area contributed by atoms with Crippen LogP contribution < -0.4 is 11.0 Å². The first kappa shape index (κ1) is 20.0. The standard InChI is InChI=1S/C24H26N4O2/c1-2-3-6-17-9-10-22-20(11-17)12-21(24(30)26-22)13-25-27-23(29)16-28-14-18-7-4-5-8-19(18)15-28/h4-5,7-13H,2-3,6,14-16H2,1H3,(H,26,30)(H,27,29)/b25-13-. The van der Waals surface area contributed by atoms with Crippen molar-refractivity contribution in [1.82, 2.24) is 15.3 Å². The van der Waals surface area contributed by atoms with Crippen LogP contribution in [0.25, 0.3) is 10.9 Å². The molecule has 3 aromatic rings. The number of carbonyl (C=O) groups excluding carboxylic acids is 1. The number of amides is 1. The van der Waals surface area contributed by atoms with Gasteiger partial charge in [-0.2, -0.15) is 5.10 Å². The lowest BCUT2D eigenvalue weighted by Crippen LogP contribution is -2.32. The Morgan fingerprint density at radius 1 is 1.17 bits per heavy atom. The summed E-state index contributed by atoms with van der Waals surface area (Å²) in [6.45, 7) is 3.96. The second kappa shape index (κ2) is 9.05. The van der Waals surface area contributed by atoms with Gasteiger partial charge in [-0.1, -0.05) is 43.7 Å². The van der Waals surface area contributed by atoms with Crippen molar-refractivity contribution < 1.29 is 4.79 Å². The van der Waals surface area contributed by atoms with Gasteiger partial charge in [0.2, 0.25) is 0 Å². The van der Waals surface area contributed by atoms with Crippen molar-refractivity contribution in [2.24, 2.45) is 5.10 Å². The lowest BCUT2D eigenvalue weighted by atomic mass is 10.0. The molecule has 30 heavy (non-hydrogen) atoms. The van der Waals surface area contributed by atoms with E-state index in [1.807, 2.05) is 24.3 Å². The second-order valence-corrected chi connectivity index (χ2v) is 7.79. The van der Waals surface area contributed by atoms with E-state index in [-0.39, 0.29) is 18.0 Å². The van der Waals surface area contributed by atoms with Crippen LogP contribution in [0.3, 0.4) is 0 Å². The summed E-state index contributed by atoms with van der Waals surface area (Å²) in [6.07, 6.45) is 4.71. The van der Waals surface area contributed by atoms with Crippen LogP contribution in [-0.4, -0.2) is 28.6 Å². The number of unbranched alkanes of at least 4 members (excludes halogenated alkanes) is 1. The highest BCUT2D eigenvalue weighted by Gasteiger charge is 2.20. The van der Waals surface area contributed by atoms with Gasteiger partial charge in [0.05, 0.1) is 18.3 Å². The van der Waals surface area contributed by atoms with Crippen LogP contribution in [0.2, 0.25) is 0 Å². The highest BCUT2D eigenvalue weighted by molar-refractivity contribution is 5.88. The molecule has 0 bridgehead atoms. The number of nitrogens with zero attached hydrogens (tertiary/aromatic N) is 2. The number of hydrazone groups is 1. The van der Waals surface area contributed by atoms with Crippen LogP contribution in [0.1, 0.15) is 42.0 Å². The molecule has 1 amide bonds. The van der Waals surface area contributed by atoms with E-state index in [0.29, 0.717) is 5.56 Å². The van der Waals surface area contributed by atoms with E-state index >= 15 is 0 Å². The van der Waals surface area contributed by atoms with Crippen molar-refractivity contribution in [2.75, 3.05) is 6.54 Å². The Balaban J connectivity index is 1.39. The molecule has 0 radical (unpaired) electrons. The number of H-pyrrole nitrogens is 1. The molecule has 0 spiro atoms. The molecular formula is C24H26N4O2. The van der Waals surface area contributed by atoms with Gasteiger partial charge in [-0.25, -0.2) is 5.43 Å². The Bertz CT molecular complexity index is 1120. The zero-order chi connectivity index (χ0) is 20.9. The number of pyridine rings is 1. The molecule has 2 aromatic carbocycles. The summed E-state index contributed by atoms with van der Waals surface area (Å²) in [7, 11) is 0. The monoisotopic (exact) mass is 402 g/mol. The second-order valence-electron chi connectivity index (χ2n) is 7.79. The number of aromatic nitrogens is 1. The molecular weight excluding hydrogens is 376 g/mol. The lowest BCUT2D eigenvalue weighted by molar-refractivity contribution is -0.122. The van der Waals surface area contributed by atoms with Crippen LogP contribution in [0, 0.1) is 0 Å². The highest BCUT2D eigenvalue weighted by atomic mass is 16.2. The fourth-order valence-electron chi connectivity index (χ4n) is 3.83. The first-order valence-electron chi connectivity index (χ1n) is 10.4. The fraction of sp³-hybridized carbons (Fsp3) is 0.292. The number of rotatable bonds is 7. The van der Waals surface area contributed by atoms with Crippen LogP contribution >= 0.6 is 0 Å². The highest BCUT2D eigenvalue weighted by Crippen LogP contribution is 2.21. The normalized spacial score (nSPS) is 13.8. The zero-order valence-corrected chi connectivity index (χ0v) is 17.1. The van der Waals surface area contributed by atoms with E-state index in [1.54, 1.807) is 0 Å². The smallest absolute Gasteiger partial charge is 0.257 e. The lowest BCUT2D eigenvalue weighted by Gasteiger charge is -2.12. The van der Waals surface area contributed by atoms with Gasteiger partial charge in [-0.05, 0) is 53.1 Å². The van der Waals surface area contributed by atoms with Gasteiger partial charge in [0.1, 0.15) is 0 Å². The maximum absolute atomic E-state index is 12.3. The summed E-state index contributed by atoms with van der Waals surface area (Å²) >= 11 is 0. The minimum Gasteiger partial charge on any atom is -0.321 e. The molecule has 6 heteroatoms. The third-order valence-electron chi connectivity index (χ3n) is 5.42. The zero-order valence-electron chi connectivity index (χ0n) is 17.1. The topological polar surface area (TPSA) is 77.6 Å². The number of hydrogen-bond acceptors (Lipinski definition) is 4. The Labute approximate surface area is 175 Å². The third kappa shape index (κ3) is 4.66. The van der Waals surface area contributed by atoms with Gasteiger partial charge in [0.25, 0.3) is 11.5 Å². The van der Waals surface area contributed by atoms with Crippen LogP contribution in [0.15, 0.2) is 58.4 Å².